The molecule has 40 heavy (non-hydrogen) atoms. The number of hydrogen-bond donors (Lipinski definition) is 2. The zero-order valence-electron chi connectivity index (χ0n) is 21.8. The summed E-state index contributed by atoms with van der Waals surface area (Å²) in [4.78, 5) is 4.23. The number of alkyl halides is 2. The largest absolute Gasteiger partial charge is 0.435 e. The molecule has 3 aromatic rings. The first kappa shape index (κ1) is 28.2. The van der Waals surface area contributed by atoms with Gasteiger partial charge < -0.3 is 19.8 Å². The SMILES string of the molecule is Cc1cccc(S(=O)(=O)N2C[C@@H]3CN(C[C@H](O)CO)CCN3c3ccc(-c4cc(F)cc(OC(F)F)c4)cc32)c1. The number of hydrogen-bond acceptors (Lipinski definition) is 7. The number of benzene rings is 3. The minimum absolute atomic E-state index is 0.112. The number of β-amino-alcohol motifs (C(OH)–C–C–N with tert-alkyl or cyclic N) is 1. The van der Waals surface area contributed by atoms with Crippen LogP contribution in [0.5, 0.6) is 5.75 Å². The number of rotatable bonds is 8. The monoisotopic (exact) mass is 577 g/mol. The Morgan fingerprint density at radius 2 is 1.80 bits per heavy atom. The molecule has 0 spiro atoms. The van der Waals surface area contributed by atoms with Crippen molar-refractivity contribution in [2.45, 2.75) is 30.6 Å². The zero-order chi connectivity index (χ0) is 28.6. The average molecular weight is 578 g/mol. The number of anilines is 2. The van der Waals surface area contributed by atoms with E-state index in [-0.39, 0.29) is 41.9 Å². The number of ether oxygens (including phenoxy) is 1. The summed E-state index contributed by atoms with van der Waals surface area (Å²) in [6.07, 6.45) is -0.901. The Morgan fingerprint density at radius 3 is 2.52 bits per heavy atom. The molecular formula is C28H30F3N3O5S. The van der Waals surface area contributed by atoms with Crippen LogP contribution in [0, 0.1) is 12.7 Å². The van der Waals surface area contributed by atoms with Crippen LogP contribution in [-0.4, -0.2) is 81.6 Å². The first-order valence-corrected chi connectivity index (χ1v) is 14.3. The Hall–Kier alpha value is -3.32. The van der Waals surface area contributed by atoms with Gasteiger partial charge in [-0.05, 0) is 60.0 Å². The van der Waals surface area contributed by atoms with Gasteiger partial charge in [0.1, 0.15) is 11.6 Å². The van der Waals surface area contributed by atoms with Crippen LogP contribution < -0.4 is 13.9 Å². The van der Waals surface area contributed by atoms with Gasteiger partial charge in [0, 0.05) is 32.2 Å². The molecule has 1 saturated heterocycles. The van der Waals surface area contributed by atoms with Gasteiger partial charge in [-0.25, -0.2) is 12.8 Å². The summed E-state index contributed by atoms with van der Waals surface area (Å²) in [6.45, 7) is 0.309. The molecular weight excluding hydrogens is 547 g/mol. The van der Waals surface area contributed by atoms with Gasteiger partial charge in [-0.2, -0.15) is 8.78 Å². The van der Waals surface area contributed by atoms with E-state index in [0.29, 0.717) is 36.6 Å². The normalized spacial score (nSPS) is 18.4. The lowest BCUT2D eigenvalue weighted by Gasteiger charge is -2.49. The van der Waals surface area contributed by atoms with Gasteiger partial charge in [0.15, 0.2) is 0 Å². The van der Waals surface area contributed by atoms with Crippen LogP contribution in [0.4, 0.5) is 24.5 Å². The van der Waals surface area contributed by atoms with Crippen LogP contribution in [0.2, 0.25) is 0 Å². The van der Waals surface area contributed by atoms with E-state index in [2.05, 4.69) is 9.64 Å². The van der Waals surface area contributed by atoms with Gasteiger partial charge >= 0.3 is 6.61 Å². The van der Waals surface area contributed by atoms with E-state index in [1.165, 1.54) is 22.5 Å². The van der Waals surface area contributed by atoms with Gasteiger partial charge in [0.2, 0.25) is 0 Å². The van der Waals surface area contributed by atoms with Crippen LogP contribution in [0.1, 0.15) is 5.56 Å². The minimum Gasteiger partial charge on any atom is -0.435 e. The van der Waals surface area contributed by atoms with Crippen molar-refractivity contribution in [3.8, 4) is 16.9 Å². The Labute approximate surface area is 230 Å². The number of sulfonamides is 1. The van der Waals surface area contributed by atoms with Gasteiger partial charge in [0.05, 0.1) is 41.6 Å². The molecule has 0 amide bonds. The Balaban J connectivity index is 1.58. The van der Waals surface area contributed by atoms with Gasteiger partial charge in [0.25, 0.3) is 10.0 Å². The summed E-state index contributed by atoms with van der Waals surface area (Å²) in [7, 11) is -4.02. The quantitative estimate of drug-likeness (QED) is 0.424. The molecule has 0 saturated carbocycles. The van der Waals surface area contributed by atoms with Crippen molar-refractivity contribution in [3.63, 3.8) is 0 Å². The maximum absolute atomic E-state index is 14.3. The summed E-state index contributed by atoms with van der Waals surface area (Å²) in [5.41, 5.74) is 2.53. The first-order valence-electron chi connectivity index (χ1n) is 12.8. The van der Waals surface area contributed by atoms with Gasteiger partial charge in [-0.1, -0.05) is 18.2 Å². The molecule has 12 heteroatoms. The molecule has 0 radical (unpaired) electrons. The molecule has 1 fully saturated rings. The average Bonchev–Trinajstić information content (AvgIpc) is 2.91. The first-order chi connectivity index (χ1) is 19.0. The highest BCUT2D eigenvalue weighted by molar-refractivity contribution is 7.92. The Morgan fingerprint density at radius 1 is 1.00 bits per heavy atom. The highest BCUT2D eigenvalue weighted by Crippen LogP contribution is 2.42. The second-order valence-corrected chi connectivity index (χ2v) is 11.9. The summed E-state index contributed by atoms with van der Waals surface area (Å²) in [6, 6.07) is 14.8. The van der Waals surface area contributed by atoms with Crippen molar-refractivity contribution in [2.24, 2.45) is 0 Å². The van der Waals surface area contributed by atoms with Gasteiger partial charge in [-0.3, -0.25) is 9.21 Å². The highest BCUT2D eigenvalue weighted by Gasteiger charge is 2.40. The third kappa shape index (κ3) is 5.75. The van der Waals surface area contributed by atoms with E-state index in [1.807, 2.05) is 4.90 Å². The van der Waals surface area contributed by atoms with Crippen molar-refractivity contribution in [2.75, 3.05) is 48.5 Å². The molecule has 2 N–H and O–H groups in total. The number of piperazine rings is 1. The number of halogens is 3. The molecule has 2 atom stereocenters. The molecule has 214 valence electrons. The second kappa shape index (κ2) is 11.3. The third-order valence-electron chi connectivity index (χ3n) is 7.18. The Kier molecular flexibility index (Phi) is 7.96. The molecule has 8 nitrogen and oxygen atoms in total. The maximum atomic E-state index is 14.3. The van der Waals surface area contributed by atoms with Crippen molar-refractivity contribution >= 4 is 21.4 Å². The van der Waals surface area contributed by atoms with Crippen molar-refractivity contribution in [1.29, 1.82) is 0 Å². The van der Waals surface area contributed by atoms with E-state index in [0.717, 1.165) is 11.6 Å². The van der Waals surface area contributed by atoms with Crippen molar-refractivity contribution in [3.05, 3.63) is 72.0 Å². The fourth-order valence-corrected chi connectivity index (χ4v) is 6.99. The Bertz CT molecular complexity index is 1490. The lowest BCUT2D eigenvalue weighted by molar-refractivity contribution is -0.0499. The summed E-state index contributed by atoms with van der Waals surface area (Å²) in [5.74, 6) is -1.11. The third-order valence-corrected chi connectivity index (χ3v) is 8.96. The van der Waals surface area contributed by atoms with Crippen molar-refractivity contribution in [1.82, 2.24) is 4.90 Å². The lowest BCUT2D eigenvalue weighted by atomic mass is 10.00. The number of fused-ring (bicyclic) bond motifs is 3. The zero-order valence-corrected chi connectivity index (χ0v) is 22.6. The molecule has 3 aromatic carbocycles. The molecule has 2 aliphatic heterocycles. The predicted octanol–water partition coefficient (Wildman–Crippen LogP) is 3.46. The van der Waals surface area contributed by atoms with Crippen LogP contribution in [0.15, 0.2) is 65.6 Å². The summed E-state index contributed by atoms with van der Waals surface area (Å²) >= 11 is 0. The molecule has 2 aliphatic rings. The molecule has 2 heterocycles. The second-order valence-electron chi connectivity index (χ2n) is 10.1. The smallest absolute Gasteiger partial charge is 0.387 e. The predicted molar refractivity (Wildman–Crippen MR) is 145 cm³/mol. The standard InChI is InChI=1S/C28H30F3N3O5S/c1-18-3-2-4-25(9-18)40(37,38)34-15-22-14-32(16-23(36)17-35)7-8-33(22)26-6-5-19(12-27(26)34)20-10-21(29)13-24(11-20)39-28(30)31/h2-6,9-13,22-23,28,35-36H,7-8,14-17H2,1H3/t22-,23-/m0/s1. The number of nitrogens with zero attached hydrogens (tertiary/aromatic N) is 3. The van der Waals surface area contributed by atoms with E-state index >= 15 is 0 Å². The van der Waals surface area contributed by atoms with E-state index in [9.17, 15) is 31.8 Å². The lowest BCUT2D eigenvalue weighted by Crippen LogP contribution is -2.61. The van der Waals surface area contributed by atoms with E-state index in [1.54, 1.807) is 43.3 Å². The van der Waals surface area contributed by atoms with Crippen LogP contribution in [-0.2, 0) is 10.0 Å². The van der Waals surface area contributed by atoms with Gasteiger partial charge in [-0.15, -0.1) is 0 Å². The van der Waals surface area contributed by atoms with E-state index < -0.39 is 28.6 Å². The van der Waals surface area contributed by atoms with Crippen molar-refractivity contribution < 1.29 is 36.5 Å². The number of aryl methyl sites for hydroxylation is 1. The summed E-state index contributed by atoms with van der Waals surface area (Å²) < 4.78 is 73.7. The van der Waals surface area contributed by atoms with Crippen LogP contribution >= 0.6 is 0 Å². The highest BCUT2D eigenvalue weighted by atomic mass is 32.2. The maximum Gasteiger partial charge on any atom is 0.387 e. The minimum atomic E-state index is -4.02. The fourth-order valence-electron chi connectivity index (χ4n) is 5.38. The molecule has 5 rings (SSSR count). The van der Waals surface area contributed by atoms with Crippen LogP contribution in [0.3, 0.4) is 0 Å². The van der Waals surface area contributed by atoms with E-state index in [4.69, 9.17) is 0 Å². The fraction of sp³-hybridized carbons (Fsp3) is 0.357. The molecule has 0 aliphatic carbocycles. The topological polar surface area (TPSA) is 93.6 Å². The summed E-state index contributed by atoms with van der Waals surface area (Å²) in [5, 5.41) is 19.2. The molecule has 0 unspecified atom stereocenters. The van der Waals surface area contributed by atoms with Crippen LogP contribution in [0.25, 0.3) is 11.1 Å². The number of aliphatic hydroxyl groups excluding tert-OH is 2. The number of aliphatic hydroxyl groups is 2. The molecule has 0 aromatic heterocycles. The molecule has 0 bridgehead atoms.